The largest absolute Gasteiger partial charge is 0.497 e. The molecule has 2 N–H and O–H groups in total. The molecule has 2 aromatic rings. The van der Waals surface area contributed by atoms with Gasteiger partial charge in [0.05, 0.1) is 19.1 Å². The number of aryl methyl sites for hydroxylation is 1. The Balaban J connectivity index is 1.76. The number of carbonyl (C=O) groups is 1. The first kappa shape index (κ1) is 20.2. The minimum Gasteiger partial charge on any atom is -0.497 e. The highest BCUT2D eigenvalue weighted by Gasteiger charge is 2.28. The molecule has 0 aliphatic heterocycles. The molecule has 1 aliphatic rings. The molecular formula is C20H24N2O5S. The average Bonchev–Trinajstić information content (AvgIpc) is 3.49. The van der Waals surface area contributed by atoms with Crippen molar-refractivity contribution in [1.29, 1.82) is 0 Å². The van der Waals surface area contributed by atoms with Gasteiger partial charge in [-0.2, -0.15) is 0 Å². The van der Waals surface area contributed by atoms with Crippen molar-refractivity contribution in [2.24, 2.45) is 0 Å². The molecule has 1 fully saturated rings. The molecule has 1 aliphatic carbocycles. The Morgan fingerprint density at radius 3 is 2.29 bits per heavy atom. The molecule has 3 rings (SSSR count). The van der Waals surface area contributed by atoms with E-state index in [1.54, 1.807) is 45.4 Å². The summed E-state index contributed by atoms with van der Waals surface area (Å²) in [6.07, 6.45) is 1.70. The molecule has 28 heavy (non-hydrogen) atoms. The normalized spacial score (nSPS) is 13.8. The molecule has 150 valence electrons. The third kappa shape index (κ3) is 4.82. The van der Waals surface area contributed by atoms with Crippen LogP contribution in [0.25, 0.3) is 0 Å². The summed E-state index contributed by atoms with van der Waals surface area (Å²) in [7, 11) is -0.503. The van der Waals surface area contributed by atoms with Crippen molar-refractivity contribution >= 4 is 15.9 Å². The fourth-order valence-electron chi connectivity index (χ4n) is 2.75. The van der Waals surface area contributed by atoms with Gasteiger partial charge in [0.15, 0.2) is 0 Å². The minimum absolute atomic E-state index is 0.00613. The van der Waals surface area contributed by atoms with Gasteiger partial charge in [-0.05, 0) is 55.2 Å². The van der Waals surface area contributed by atoms with Gasteiger partial charge < -0.3 is 14.8 Å². The third-order valence-electron chi connectivity index (χ3n) is 4.53. The van der Waals surface area contributed by atoms with E-state index in [-0.39, 0.29) is 23.4 Å². The molecular weight excluding hydrogens is 380 g/mol. The SMILES string of the molecule is COc1cc(CNC(=O)c2cc(S(=O)(=O)NC3CC3)ccc2C)cc(OC)c1. The number of sulfonamides is 1. The summed E-state index contributed by atoms with van der Waals surface area (Å²) in [6.45, 7) is 2.03. The molecule has 0 atom stereocenters. The summed E-state index contributed by atoms with van der Waals surface area (Å²) in [5, 5.41) is 2.83. The van der Waals surface area contributed by atoms with Gasteiger partial charge in [-0.25, -0.2) is 13.1 Å². The van der Waals surface area contributed by atoms with Gasteiger partial charge in [-0.1, -0.05) is 6.07 Å². The number of hydrogen-bond donors (Lipinski definition) is 2. The number of methoxy groups -OCH3 is 2. The zero-order valence-corrected chi connectivity index (χ0v) is 16.9. The highest BCUT2D eigenvalue weighted by atomic mass is 32.2. The first-order valence-electron chi connectivity index (χ1n) is 8.95. The molecule has 0 bridgehead atoms. The lowest BCUT2D eigenvalue weighted by Crippen LogP contribution is -2.27. The maximum Gasteiger partial charge on any atom is 0.251 e. The van der Waals surface area contributed by atoms with Crippen LogP contribution in [0.2, 0.25) is 0 Å². The zero-order valence-electron chi connectivity index (χ0n) is 16.1. The summed E-state index contributed by atoms with van der Waals surface area (Å²) in [6, 6.07) is 9.94. The Morgan fingerprint density at radius 2 is 1.71 bits per heavy atom. The van der Waals surface area contributed by atoms with Gasteiger partial charge in [-0.3, -0.25) is 4.79 Å². The van der Waals surface area contributed by atoms with Crippen molar-refractivity contribution in [2.45, 2.75) is 37.2 Å². The van der Waals surface area contributed by atoms with Crippen LogP contribution in [0, 0.1) is 6.92 Å². The Bertz CT molecular complexity index is 962. The van der Waals surface area contributed by atoms with E-state index in [4.69, 9.17) is 9.47 Å². The molecule has 0 heterocycles. The molecule has 7 nitrogen and oxygen atoms in total. The summed E-state index contributed by atoms with van der Waals surface area (Å²) >= 11 is 0. The predicted molar refractivity (Wildman–Crippen MR) is 105 cm³/mol. The topological polar surface area (TPSA) is 93.7 Å². The number of benzene rings is 2. The van der Waals surface area contributed by atoms with Crippen molar-refractivity contribution in [3.05, 3.63) is 53.1 Å². The number of rotatable bonds is 8. The summed E-state index contributed by atoms with van der Waals surface area (Å²) in [5.74, 6) is 0.904. The van der Waals surface area contributed by atoms with Gasteiger partial charge in [0, 0.05) is 24.2 Å². The maximum absolute atomic E-state index is 12.7. The zero-order chi connectivity index (χ0) is 20.3. The van der Waals surface area contributed by atoms with Crippen LogP contribution >= 0.6 is 0 Å². The van der Waals surface area contributed by atoms with Crippen LogP contribution in [-0.2, 0) is 16.6 Å². The van der Waals surface area contributed by atoms with Crippen molar-refractivity contribution in [3.63, 3.8) is 0 Å². The van der Waals surface area contributed by atoms with E-state index < -0.39 is 10.0 Å². The van der Waals surface area contributed by atoms with Crippen molar-refractivity contribution in [1.82, 2.24) is 10.0 Å². The Labute approximate surface area is 165 Å². The van der Waals surface area contributed by atoms with Gasteiger partial charge >= 0.3 is 0 Å². The van der Waals surface area contributed by atoms with E-state index in [1.165, 1.54) is 12.1 Å². The van der Waals surface area contributed by atoms with E-state index in [1.807, 2.05) is 0 Å². The highest BCUT2D eigenvalue weighted by Crippen LogP contribution is 2.24. The van der Waals surface area contributed by atoms with Crippen molar-refractivity contribution in [2.75, 3.05) is 14.2 Å². The number of ether oxygens (including phenoxy) is 2. The maximum atomic E-state index is 12.7. The molecule has 0 spiro atoms. The predicted octanol–water partition coefficient (Wildman–Crippen LogP) is 2.38. The van der Waals surface area contributed by atoms with E-state index >= 15 is 0 Å². The molecule has 1 amide bonds. The van der Waals surface area contributed by atoms with Gasteiger partial charge in [0.2, 0.25) is 10.0 Å². The number of carbonyl (C=O) groups excluding carboxylic acids is 1. The standard InChI is InChI=1S/C20H24N2O5S/c1-13-4-7-18(28(24,25)22-15-5-6-15)11-19(13)20(23)21-12-14-8-16(26-2)10-17(9-14)27-3/h4,7-11,15,22H,5-6,12H2,1-3H3,(H,21,23). The van der Waals surface area contributed by atoms with E-state index in [0.717, 1.165) is 18.4 Å². The fraction of sp³-hybridized carbons (Fsp3) is 0.350. The molecule has 1 saturated carbocycles. The second-order valence-corrected chi connectivity index (χ2v) is 8.49. The Kier molecular flexibility index (Phi) is 5.90. The van der Waals surface area contributed by atoms with Crippen LogP contribution in [0.15, 0.2) is 41.3 Å². The number of nitrogens with one attached hydrogen (secondary N) is 2. The molecule has 2 aromatic carbocycles. The first-order chi connectivity index (χ1) is 13.3. The van der Waals surface area contributed by atoms with Gasteiger partial charge in [-0.15, -0.1) is 0 Å². The van der Waals surface area contributed by atoms with Crippen LogP contribution in [0.5, 0.6) is 11.5 Å². The van der Waals surface area contributed by atoms with Crippen LogP contribution in [0.3, 0.4) is 0 Å². The van der Waals surface area contributed by atoms with E-state index in [9.17, 15) is 13.2 Å². The van der Waals surface area contributed by atoms with E-state index in [2.05, 4.69) is 10.0 Å². The molecule has 0 saturated heterocycles. The third-order valence-corrected chi connectivity index (χ3v) is 6.05. The van der Waals surface area contributed by atoms with Crippen LogP contribution < -0.4 is 19.5 Å². The van der Waals surface area contributed by atoms with Gasteiger partial charge in [0.1, 0.15) is 11.5 Å². The molecule has 0 unspecified atom stereocenters. The fourth-order valence-corrected chi connectivity index (χ4v) is 4.08. The highest BCUT2D eigenvalue weighted by molar-refractivity contribution is 7.89. The summed E-state index contributed by atoms with van der Waals surface area (Å²) < 4.78 is 37.9. The first-order valence-corrected chi connectivity index (χ1v) is 10.4. The van der Waals surface area contributed by atoms with Gasteiger partial charge in [0.25, 0.3) is 5.91 Å². The lowest BCUT2D eigenvalue weighted by molar-refractivity contribution is 0.0950. The molecule has 0 aromatic heterocycles. The van der Waals surface area contributed by atoms with Crippen LogP contribution in [-0.4, -0.2) is 34.6 Å². The number of amides is 1. The van der Waals surface area contributed by atoms with E-state index in [0.29, 0.717) is 22.6 Å². The number of hydrogen-bond acceptors (Lipinski definition) is 5. The summed E-state index contributed by atoms with van der Waals surface area (Å²) in [4.78, 5) is 12.8. The second kappa shape index (κ2) is 8.20. The van der Waals surface area contributed by atoms with Crippen molar-refractivity contribution in [3.8, 4) is 11.5 Å². The van der Waals surface area contributed by atoms with Crippen LogP contribution in [0.4, 0.5) is 0 Å². The van der Waals surface area contributed by atoms with Crippen LogP contribution in [0.1, 0.15) is 34.3 Å². The Morgan fingerprint density at radius 1 is 1.07 bits per heavy atom. The molecule has 0 radical (unpaired) electrons. The summed E-state index contributed by atoms with van der Waals surface area (Å²) in [5.41, 5.74) is 1.83. The minimum atomic E-state index is -3.62. The quantitative estimate of drug-likeness (QED) is 0.705. The lowest BCUT2D eigenvalue weighted by atomic mass is 10.1. The smallest absolute Gasteiger partial charge is 0.251 e. The second-order valence-electron chi connectivity index (χ2n) is 6.78. The van der Waals surface area contributed by atoms with Crippen molar-refractivity contribution < 1.29 is 22.7 Å². The Hall–Kier alpha value is -2.58. The average molecular weight is 404 g/mol. The lowest BCUT2D eigenvalue weighted by Gasteiger charge is -2.12. The molecule has 8 heteroatoms. The monoisotopic (exact) mass is 404 g/mol.